The van der Waals surface area contributed by atoms with E-state index in [1.807, 2.05) is 0 Å². The van der Waals surface area contributed by atoms with E-state index in [4.69, 9.17) is 15.2 Å². The van der Waals surface area contributed by atoms with Crippen LogP contribution in [0.25, 0.3) is 0 Å². The number of anilines is 2. The number of nitrogens with zero attached hydrogens (tertiary/aromatic N) is 1. The molecule has 1 amide bonds. The fraction of sp³-hybridized carbons (Fsp3) is 0.143. The molecule has 1 heterocycles. The van der Waals surface area contributed by atoms with Crippen LogP contribution in [0.3, 0.4) is 0 Å². The topological polar surface area (TPSA) is 86.5 Å². The van der Waals surface area contributed by atoms with Crippen LogP contribution in [0.1, 0.15) is 10.4 Å². The lowest BCUT2D eigenvalue weighted by atomic mass is 10.1. The molecule has 20 heavy (non-hydrogen) atoms. The van der Waals surface area contributed by atoms with Crippen LogP contribution in [0.5, 0.6) is 11.5 Å². The summed E-state index contributed by atoms with van der Waals surface area (Å²) in [6.45, 7) is 0. The molecule has 1 aromatic heterocycles. The zero-order chi connectivity index (χ0) is 14.5. The number of pyridine rings is 1. The van der Waals surface area contributed by atoms with E-state index in [1.54, 1.807) is 36.5 Å². The van der Waals surface area contributed by atoms with Gasteiger partial charge in [0.15, 0.2) is 0 Å². The van der Waals surface area contributed by atoms with E-state index in [2.05, 4.69) is 10.3 Å². The first-order valence-corrected chi connectivity index (χ1v) is 5.89. The Kier molecular flexibility index (Phi) is 4.05. The summed E-state index contributed by atoms with van der Waals surface area (Å²) in [6, 6.07) is 8.39. The van der Waals surface area contributed by atoms with Crippen LogP contribution in [-0.2, 0) is 0 Å². The molecule has 104 valence electrons. The Bertz CT molecular complexity index is 615. The lowest BCUT2D eigenvalue weighted by Gasteiger charge is -2.12. The maximum absolute atomic E-state index is 12.2. The maximum atomic E-state index is 12.2. The number of hydrogen-bond donors (Lipinski definition) is 2. The number of hydrogen-bond acceptors (Lipinski definition) is 5. The summed E-state index contributed by atoms with van der Waals surface area (Å²) in [6.07, 6.45) is 1.59. The third-order valence-corrected chi connectivity index (χ3v) is 2.72. The Hall–Kier alpha value is -2.76. The van der Waals surface area contributed by atoms with Crippen LogP contribution in [0.15, 0.2) is 36.5 Å². The lowest BCUT2D eigenvalue weighted by Crippen LogP contribution is -2.15. The number of nitrogen functional groups attached to an aromatic ring is 1. The zero-order valence-electron chi connectivity index (χ0n) is 11.2. The summed E-state index contributed by atoms with van der Waals surface area (Å²) < 4.78 is 10.2. The fourth-order valence-corrected chi connectivity index (χ4v) is 1.70. The Balaban J connectivity index is 2.34. The number of carbonyl (C=O) groups is 1. The second kappa shape index (κ2) is 5.92. The molecule has 0 bridgehead atoms. The second-order valence-electron chi connectivity index (χ2n) is 3.96. The molecular weight excluding hydrogens is 258 g/mol. The van der Waals surface area contributed by atoms with Crippen LogP contribution in [-0.4, -0.2) is 25.1 Å². The highest BCUT2D eigenvalue weighted by molar-refractivity contribution is 6.08. The van der Waals surface area contributed by atoms with Crippen molar-refractivity contribution < 1.29 is 14.3 Å². The number of benzene rings is 1. The number of nitrogens with two attached hydrogens (primary N) is 1. The van der Waals surface area contributed by atoms with Gasteiger partial charge in [0.25, 0.3) is 5.91 Å². The third-order valence-electron chi connectivity index (χ3n) is 2.72. The molecule has 6 nitrogen and oxygen atoms in total. The SMILES string of the molecule is COc1cc(OC)c(N)c(C(=O)Nc2ccccn2)c1. The summed E-state index contributed by atoms with van der Waals surface area (Å²) in [5.41, 5.74) is 6.43. The Morgan fingerprint density at radius 2 is 2.05 bits per heavy atom. The van der Waals surface area contributed by atoms with Crippen molar-refractivity contribution >= 4 is 17.4 Å². The number of ether oxygens (including phenoxy) is 2. The molecule has 0 unspecified atom stereocenters. The van der Waals surface area contributed by atoms with E-state index in [0.717, 1.165) is 0 Å². The predicted molar refractivity (Wildman–Crippen MR) is 76.1 cm³/mol. The van der Waals surface area contributed by atoms with E-state index >= 15 is 0 Å². The van der Waals surface area contributed by atoms with Gasteiger partial charge in [-0.05, 0) is 18.2 Å². The van der Waals surface area contributed by atoms with Crippen molar-refractivity contribution in [1.82, 2.24) is 4.98 Å². The molecule has 0 saturated carbocycles. The second-order valence-corrected chi connectivity index (χ2v) is 3.96. The minimum Gasteiger partial charge on any atom is -0.497 e. The molecule has 2 rings (SSSR count). The maximum Gasteiger partial charge on any atom is 0.259 e. The van der Waals surface area contributed by atoms with Crippen molar-refractivity contribution in [3.05, 3.63) is 42.1 Å². The summed E-state index contributed by atoms with van der Waals surface area (Å²) in [7, 11) is 2.98. The monoisotopic (exact) mass is 273 g/mol. The molecule has 1 aromatic carbocycles. The van der Waals surface area contributed by atoms with Gasteiger partial charge in [-0.2, -0.15) is 0 Å². The first kappa shape index (κ1) is 13.7. The molecule has 2 aromatic rings. The summed E-state index contributed by atoms with van der Waals surface area (Å²) in [4.78, 5) is 16.3. The van der Waals surface area contributed by atoms with Gasteiger partial charge in [0, 0.05) is 12.3 Å². The predicted octanol–water partition coefficient (Wildman–Crippen LogP) is 1.93. The Morgan fingerprint density at radius 3 is 2.65 bits per heavy atom. The standard InChI is InChI=1S/C14H15N3O3/c1-19-9-7-10(13(15)11(8-9)20-2)14(18)17-12-5-3-4-6-16-12/h3-8H,15H2,1-2H3,(H,16,17,18). The van der Waals surface area contributed by atoms with E-state index in [-0.39, 0.29) is 17.2 Å². The average molecular weight is 273 g/mol. The molecule has 0 fully saturated rings. The number of carbonyl (C=O) groups excluding carboxylic acids is 1. The summed E-state index contributed by atoms with van der Waals surface area (Å²) in [5.74, 6) is 0.940. The minimum absolute atomic E-state index is 0.252. The number of rotatable bonds is 4. The molecule has 0 aliphatic rings. The van der Waals surface area contributed by atoms with Crippen LogP contribution in [0, 0.1) is 0 Å². The van der Waals surface area contributed by atoms with Crippen molar-refractivity contribution in [1.29, 1.82) is 0 Å². The molecule has 0 aliphatic carbocycles. The average Bonchev–Trinajstić information content (AvgIpc) is 2.48. The molecule has 0 spiro atoms. The van der Waals surface area contributed by atoms with Crippen molar-refractivity contribution in [3.8, 4) is 11.5 Å². The number of nitrogens with one attached hydrogen (secondary N) is 1. The van der Waals surface area contributed by atoms with E-state index in [1.165, 1.54) is 14.2 Å². The molecular formula is C14H15N3O3. The number of amides is 1. The molecule has 0 saturated heterocycles. The smallest absolute Gasteiger partial charge is 0.259 e. The van der Waals surface area contributed by atoms with Crippen molar-refractivity contribution in [2.75, 3.05) is 25.3 Å². The van der Waals surface area contributed by atoms with Gasteiger partial charge in [0.2, 0.25) is 0 Å². The van der Waals surface area contributed by atoms with E-state index in [9.17, 15) is 4.79 Å². The van der Waals surface area contributed by atoms with Gasteiger partial charge in [-0.3, -0.25) is 4.79 Å². The summed E-state index contributed by atoms with van der Waals surface area (Å²) >= 11 is 0. The van der Waals surface area contributed by atoms with Crippen LogP contribution in [0.4, 0.5) is 11.5 Å². The quantitative estimate of drug-likeness (QED) is 0.831. The first-order valence-electron chi connectivity index (χ1n) is 5.89. The van der Waals surface area contributed by atoms with E-state index in [0.29, 0.717) is 17.3 Å². The largest absolute Gasteiger partial charge is 0.497 e. The van der Waals surface area contributed by atoms with Gasteiger partial charge in [-0.1, -0.05) is 6.07 Å². The highest BCUT2D eigenvalue weighted by Gasteiger charge is 2.16. The van der Waals surface area contributed by atoms with Gasteiger partial charge < -0.3 is 20.5 Å². The van der Waals surface area contributed by atoms with Gasteiger partial charge in [0.05, 0.1) is 25.5 Å². The van der Waals surface area contributed by atoms with Crippen molar-refractivity contribution in [2.45, 2.75) is 0 Å². The van der Waals surface area contributed by atoms with Crippen molar-refractivity contribution in [2.24, 2.45) is 0 Å². The summed E-state index contributed by atoms with van der Waals surface area (Å²) in [5, 5.41) is 2.66. The molecule has 0 atom stereocenters. The number of methoxy groups -OCH3 is 2. The molecule has 0 aliphatic heterocycles. The van der Waals surface area contributed by atoms with Gasteiger partial charge in [0.1, 0.15) is 17.3 Å². The minimum atomic E-state index is -0.376. The number of aromatic nitrogens is 1. The van der Waals surface area contributed by atoms with Gasteiger partial charge in [-0.25, -0.2) is 4.98 Å². The third kappa shape index (κ3) is 2.80. The van der Waals surface area contributed by atoms with Crippen LogP contribution in [0.2, 0.25) is 0 Å². The van der Waals surface area contributed by atoms with Gasteiger partial charge >= 0.3 is 0 Å². The Labute approximate surface area is 116 Å². The van der Waals surface area contributed by atoms with Crippen LogP contribution < -0.4 is 20.5 Å². The first-order chi connectivity index (χ1) is 9.65. The lowest BCUT2D eigenvalue weighted by molar-refractivity contribution is 0.102. The molecule has 0 radical (unpaired) electrons. The van der Waals surface area contributed by atoms with E-state index < -0.39 is 0 Å². The fourth-order valence-electron chi connectivity index (χ4n) is 1.70. The highest BCUT2D eigenvalue weighted by Crippen LogP contribution is 2.31. The molecule has 3 N–H and O–H groups in total. The molecule has 6 heteroatoms. The zero-order valence-corrected chi connectivity index (χ0v) is 11.2. The highest BCUT2D eigenvalue weighted by atomic mass is 16.5. The van der Waals surface area contributed by atoms with Crippen molar-refractivity contribution in [3.63, 3.8) is 0 Å². The van der Waals surface area contributed by atoms with Gasteiger partial charge in [-0.15, -0.1) is 0 Å². The Morgan fingerprint density at radius 1 is 1.25 bits per heavy atom. The normalized spacial score (nSPS) is 9.90. The van der Waals surface area contributed by atoms with Crippen LogP contribution >= 0.6 is 0 Å².